The molecule has 1 aromatic rings. The number of nitrogens with zero attached hydrogens (tertiary/aromatic N) is 3. The first-order valence-electron chi connectivity index (χ1n) is 6.85. The van der Waals surface area contributed by atoms with Crippen molar-refractivity contribution in [1.82, 2.24) is 14.9 Å². The van der Waals surface area contributed by atoms with Crippen molar-refractivity contribution in [2.24, 2.45) is 5.73 Å². The molecule has 1 saturated carbocycles. The lowest BCUT2D eigenvalue weighted by molar-refractivity contribution is 0.0966. The fourth-order valence-corrected chi connectivity index (χ4v) is 3.16. The standard InChI is InChI=1S/C14H24N4/c1-18(2)14(7-5-3-4-6-8-14)13(15)12-9-16-11-17-10-12/h9-11,13H,3-8,15H2,1-2H3. The average molecular weight is 248 g/mol. The Bertz CT molecular complexity index is 355. The van der Waals surface area contributed by atoms with Crippen molar-refractivity contribution in [2.75, 3.05) is 14.1 Å². The highest BCUT2D eigenvalue weighted by Crippen LogP contribution is 2.39. The van der Waals surface area contributed by atoms with Gasteiger partial charge in [0.25, 0.3) is 0 Å². The highest BCUT2D eigenvalue weighted by molar-refractivity contribution is 5.16. The first-order chi connectivity index (χ1) is 8.67. The summed E-state index contributed by atoms with van der Waals surface area (Å²) in [4.78, 5) is 10.5. The molecule has 0 aliphatic heterocycles. The monoisotopic (exact) mass is 248 g/mol. The van der Waals surface area contributed by atoms with Gasteiger partial charge in [-0.25, -0.2) is 9.97 Å². The van der Waals surface area contributed by atoms with Crippen LogP contribution in [0.25, 0.3) is 0 Å². The number of hydrogen-bond acceptors (Lipinski definition) is 4. The first-order valence-corrected chi connectivity index (χ1v) is 6.85. The van der Waals surface area contributed by atoms with Gasteiger partial charge >= 0.3 is 0 Å². The summed E-state index contributed by atoms with van der Waals surface area (Å²) >= 11 is 0. The minimum Gasteiger partial charge on any atom is -0.322 e. The average Bonchev–Trinajstić information content (AvgIpc) is 2.65. The molecule has 100 valence electrons. The third kappa shape index (κ3) is 2.54. The molecule has 18 heavy (non-hydrogen) atoms. The van der Waals surface area contributed by atoms with Crippen LogP contribution in [-0.4, -0.2) is 34.5 Å². The van der Waals surface area contributed by atoms with Crippen molar-refractivity contribution in [2.45, 2.75) is 50.1 Å². The minimum absolute atomic E-state index is 0.00759. The van der Waals surface area contributed by atoms with Gasteiger partial charge < -0.3 is 10.6 Å². The Labute approximate surface area is 110 Å². The second-order valence-electron chi connectivity index (χ2n) is 5.56. The van der Waals surface area contributed by atoms with Gasteiger partial charge in [-0.15, -0.1) is 0 Å². The Morgan fingerprint density at radius 1 is 1.11 bits per heavy atom. The SMILES string of the molecule is CN(C)C1(C(N)c2cncnc2)CCCCCC1. The van der Waals surface area contributed by atoms with Crippen molar-refractivity contribution in [3.8, 4) is 0 Å². The Morgan fingerprint density at radius 2 is 1.67 bits per heavy atom. The maximum atomic E-state index is 6.55. The zero-order valence-electron chi connectivity index (χ0n) is 11.5. The summed E-state index contributed by atoms with van der Waals surface area (Å²) in [6, 6.07) is -0.00759. The van der Waals surface area contributed by atoms with Crippen molar-refractivity contribution >= 4 is 0 Å². The molecule has 0 spiro atoms. The molecule has 1 aromatic heterocycles. The lowest BCUT2D eigenvalue weighted by Gasteiger charge is -2.44. The molecule has 1 aliphatic carbocycles. The zero-order valence-corrected chi connectivity index (χ0v) is 11.5. The van der Waals surface area contributed by atoms with Gasteiger partial charge in [0.15, 0.2) is 0 Å². The Balaban J connectivity index is 2.29. The Morgan fingerprint density at radius 3 is 2.17 bits per heavy atom. The maximum absolute atomic E-state index is 6.55. The van der Waals surface area contributed by atoms with Gasteiger partial charge in [0.2, 0.25) is 0 Å². The fourth-order valence-electron chi connectivity index (χ4n) is 3.16. The molecule has 1 heterocycles. The van der Waals surface area contributed by atoms with Crippen molar-refractivity contribution in [3.05, 3.63) is 24.3 Å². The molecule has 2 N–H and O–H groups in total. The normalized spacial score (nSPS) is 21.6. The Hall–Kier alpha value is -1.00. The third-order valence-electron chi connectivity index (χ3n) is 4.38. The quantitative estimate of drug-likeness (QED) is 0.833. The van der Waals surface area contributed by atoms with E-state index in [4.69, 9.17) is 5.73 Å². The topological polar surface area (TPSA) is 55.0 Å². The van der Waals surface area contributed by atoms with Gasteiger partial charge in [-0.1, -0.05) is 25.7 Å². The lowest BCUT2D eigenvalue weighted by atomic mass is 9.79. The predicted molar refractivity (Wildman–Crippen MR) is 73.1 cm³/mol. The number of aromatic nitrogens is 2. The van der Waals surface area contributed by atoms with Gasteiger partial charge in [-0.3, -0.25) is 0 Å². The Kier molecular flexibility index (Phi) is 4.30. The van der Waals surface area contributed by atoms with Gasteiger partial charge in [0.1, 0.15) is 6.33 Å². The largest absolute Gasteiger partial charge is 0.322 e. The molecule has 4 heteroatoms. The zero-order chi connectivity index (χ0) is 13.0. The molecule has 0 amide bonds. The number of nitrogens with two attached hydrogens (primary N) is 1. The summed E-state index contributed by atoms with van der Waals surface area (Å²) in [5.41, 5.74) is 7.66. The molecule has 0 aromatic carbocycles. The smallest absolute Gasteiger partial charge is 0.115 e. The van der Waals surface area contributed by atoms with Crippen molar-refractivity contribution in [3.63, 3.8) is 0 Å². The number of likely N-dealkylation sites (N-methyl/N-ethyl adjacent to an activating group) is 1. The van der Waals surface area contributed by atoms with Gasteiger partial charge in [0.05, 0.1) is 6.04 Å². The summed E-state index contributed by atoms with van der Waals surface area (Å²) in [6.45, 7) is 0. The van der Waals surface area contributed by atoms with E-state index in [1.807, 2.05) is 12.4 Å². The minimum atomic E-state index is -0.00759. The van der Waals surface area contributed by atoms with Gasteiger partial charge in [0, 0.05) is 23.5 Å². The van der Waals surface area contributed by atoms with Crippen LogP contribution in [0.15, 0.2) is 18.7 Å². The number of rotatable bonds is 3. The third-order valence-corrected chi connectivity index (χ3v) is 4.38. The predicted octanol–water partition coefficient (Wildman–Crippen LogP) is 2.13. The first kappa shape index (κ1) is 13.4. The molecule has 1 atom stereocenters. The molecule has 2 rings (SSSR count). The second-order valence-corrected chi connectivity index (χ2v) is 5.56. The summed E-state index contributed by atoms with van der Waals surface area (Å²) in [5, 5.41) is 0. The molecular formula is C14H24N4. The maximum Gasteiger partial charge on any atom is 0.115 e. The van der Waals surface area contributed by atoms with Crippen molar-refractivity contribution < 1.29 is 0 Å². The van der Waals surface area contributed by atoms with Crippen molar-refractivity contribution in [1.29, 1.82) is 0 Å². The summed E-state index contributed by atoms with van der Waals surface area (Å²) < 4.78 is 0. The molecule has 4 nitrogen and oxygen atoms in total. The second kappa shape index (κ2) is 5.76. The van der Waals surface area contributed by atoms with Gasteiger partial charge in [-0.2, -0.15) is 0 Å². The van der Waals surface area contributed by atoms with Crippen LogP contribution in [0, 0.1) is 0 Å². The highest BCUT2D eigenvalue weighted by Gasteiger charge is 2.39. The van der Waals surface area contributed by atoms with Crippen LogP contribution < -0.4 is 5.73 Å². The van der Waals surface area contributed by atoms with E-state index in [0.717, 1.165) is 18.4 Å². The van der Waals surface area contributed by atoms with E-state index in [-0.39, 0.29) is 11.6 Å². The molecule has 0 bridgehead atoms. The lowest BCUT2D eigenvalue weighted by Crippen LogP contribution is -2.52. The van der Waals surface area contributed by atoms with E-state index in [0.29, 0.717) is 0 Å². The van der Waals surface area contributed by atoms with Crippen LogP contribution >= 0.6 is 0 Å². The van der Waals surface area contributed by atoms with Crippen LogP contribution in [0.5, 0.6) is 0 Å². The molecule has 1 aliphatic rings. The molecular weight excluding hydrogens is 224 g/mol. The summed E-state index contributed by atoms with van der Waals surface area (Å²) in [6.07, 6.45) is 12.8. The van der Waals surface area contributed by atoms with Crippen LogP contribution in [-0.2, 0) is 0 Å². The van der Waals surface area contributed by atoms with E-state index in [2.05, 4.69) is 29.0 Å². The van der Waals surface area contributed by atoms with Crippen LogP contribution in [0.3, 0.4) is 0 Å². The van der Waals surface area contributed by atoms with Gasteiger partial charge in [-0.05, 0) is 26.9 Å². The van der Waals surface area contributed by atoms with Crippen LogP contribution in [0.2, 0.25) is 0 Å². The van der Waals surface area contributed by atoms with E-state index in [1.165, 1.54) is 25.7 Å². The molecule has 0 saturated heterocycles. The molecule has 0 radical (unpaired) electrons. The molecule has 1 unspecified atom stereocenters. The van der Waals surface area contributed by atoms with E-state index in [1.54, 1.807) is 6.33 Å². The molecule has 1 fully saturated rings. The van der Waals surface area contributed by atoms with Crippen LogP contribution in [0.4, 0.5) is 0 Å². The highest BCUT2D eigenvalue weighted by atomic mass is 15.2. The van der Waals surface area contributed by atoms with E-state index >= 15 is 0 Å². The fraction of sp³-hybridized carbons (Fsp3) is 0.714. The van der Waals surface area contributed by atoms with Crippen LogP contribution in [0.1, 0.15) is 50.1 Å². The summed E-state index contributed by atoms with van der Waals surface area (Å²) in [7, 11) is 4.30. The number of hydrogen-bond donors (Lipinski definition) is 1. The van der Waals surface area contributed by atoms with E-state index < -0.39 is 0 Å². The summed E-state index contributed by atoms with van der Waals surface area (Å²) in [5.74, 6) is 0. The van der Waals surface area contributed by atoms with E-state index in [9.17, 15) is 0 Å².